The molecule has 1 aromatic carbocycles. The van der Waals surface area contributed by atoms with Crippen LogP contribution in [0.3, 0.4) is 0 Å². The molecule has 31 heavy (non-hydrogen) atoms. The van der Waals surface area contributed by atoms with Crippen LogP contribution in [-0.4, -0.2) is 34.0 Å². The molecule has 7 nitrogen and oxygen atoms in total. The Morgan fingerprint density at radius 1 is 1.23 bits per heavy atom. The van der Waals surface area contributed by atoms with Gasteiger partial charge in [-0.2, -0.15) is 5.26 Å². The lowest BCUT2D eigenvalue weighted by atomic mass is 9.86. The lowest BCUT2D eigenvalue weighted by Gasteiger charge is -2.17. The second kappa shape index (κ2) is 9.00. The Kier molecular flexibility index (Phi) is 6.40. The predicted molar refractivity (Wildman–Crippen MR) is 115 cm³/mol. The van der Waals surface area contributed by atoms with Gasteiger partial charge in [-0.3, -0.25) is 14.4 Å². The molecule has 7 heteroatoms. The minimum Gasteiger partial charge on any atom is -0.352 e. The molecule has 3 rings (SSSR count). The van der Waals surface area contributed by atoms with Gasteiger partial charge < -0.3 is 5.32 Å². The molecule has 1 aliphatic rings. The van der Waals surface area contributed by atoms with Crippen molar-refractivity contribution in [1.82, 2.24) is 15.3 Å². The number of rotatable bonds is 6. The quantitative estimate of drug-likeness (QED) is 0.572. The van der Waals surface area contributed by atoms with Crippen molar-refractivity contribution in [1.29, 1.82) is 5.26 Å². The van der Waals surface area contributed by atoms with Crippen LogP contribution >= 0.6 is 0 Å². The number of nitrogens with one attached hydrogen (secondary N) is 1. The highest BCUT2D eigenvalue weighted by atomic mass is 16.2. The summed E-state index contributed by atoms with van der Waals surface area (Å²) in [5.41, 5.74) is 4.21. The van der Waals surface area contributed by atoms with Gasteiger partial charge in [0.05, 0.1) is 5.56 Å². The maximum absolute atomic E-state index is 13.0. The number of aryl methyl sites for hydroxylation is 2. The van der Waals surface area contributed by atoms with Crippen LogP contribution in [0.1, 0.15) is 47.9 Å². The molecule has 0 spiro atoms. The second-order valence-corrected chi connectivity index (χ2v) is 8.07. The Balaban J connectivity index is 1.84. The summed E-state index contributed by atoms with van der Waals surface area (Å²) in [6.45, 7) is 9.60. The first kappa shape index (κ1) is 22.0. The lowest BCUT2D eigenvalue weighted by Crippen LogP contribution is -2.28. The van der Waals surface area contributed by atoms with E-state index in [1.54, 1.807) is 6.92 Å². The summed E-state index contributed by atoms with van der Waals surface area (Å²) in [5.74, 6) is -1.61. The number of hydrogen-bond donors (Lipinski definition) is 1. The molecule has 0 radical (unpaired) electrons. The molecule has 1 fully saturated rings. The van der Waals surface area contributed by atoms with Crippen LogP contribution in [0, 0.1) is 31.1 Å². The fourth-order valence-electron chi connectivity index (χ4n) is 3.97. The van der Waals surface area contributed by atoms with E-state index in [2.05, 4.69) is 21.9 Å². The van der Waals surface area contributed by atoms with E-state index in [0.717, 1.165) is 22.3 Å². The van der Waals surface area contributed by atoms with Crippen molar-refractivity contribution in [2.24, 2.45) is 5.92 Å². The summed E-state index contributed by atoms with van der Waals surface area (Å²) in [6, 6.07) is 5.67. The minimum absolute atomic E-state index is 0.00358. The van der Waals surface area contributed by atoms with Crippen LogP contribution in [0.4, 0.5) is 0 Å². The van der Waals surface area contributed by atoms with Crippen molar-refractivity contribution in [3.63, 3.8) is 0 Å². The summed E-state index contributed by atoms with van der Waals surface area (Å²) in [5, 5.41) is 11.6. The smallest absolute Gasteiger partial charge is 0.220 e. The normalized spacial score (nSPS) is 18.0. The summed E-state index contributed by atoms with van der Waals surface area (Å²) >= 11 is 0. The number of Topliss-reactive ketones (excluding diaryl/α,β-unsaturated/α-hetero) is 2. The van der Waals surface area contributed by atoms with E-state index in [1.165, 1.54) is 12.4 Å². The third-order valence-corrected chi connectivity index (χ3v) is 5.40. The van der Waals surface area contributed by atoms with Gasteiger partial charge in [-0.1, -0.05) is 12.2 Å². The topological polar surface area (TPSA) is 113 Å². The van der Waals surface area contributed by atoms with Crippen molar-refractivity contribution in [3.8, 4) is 17.5 Å². The van der Waals surface area contributed by atoms with Gasteiger partial charge in [0.2, 0.25) is 5.91 Å². The van der Waals surface area contributed by atoms with Gasteiger partial charge in [-0.25, -0.2) is 9.97 Å². The molecule has 0 saturated heterocycles. The molecule has 2 atom stereocenters. The number of nitriles is 1. The standard InChI is InChI=1S/C24H24N4O3/c1-13(2)10-26-20(30)8-17-7-19(29)22(23(17)31)21-14(3)5-18(6-15(21)4)24-27-11-16(9-25)12-28-24/h5-6,11-12,17,22H,1,7-8,10H2,2-4H3,(H,26,30). The molecule has 2 unspecified atom stereocenters. The van der Waals surface area contributed by atoms with E-state index >= 15 is 0 Å². The number of nitrogens with zero attached hydrogens (tertiary/aromatic N) is 3. The molecule has 1 aromatic heterocycles. The highest BCUT2D eigenvalue weighted by Gasteiger charge is 2.43. The Morgan fingerprint density at radius 2 is 1.84 bits per heavy atom. The number of benzene rings is 1. The molecule has 0 bridgehead atoms. The Bertz CT molecular complexity index is 1090. The number of hydrogen-bond acceptors (Lipinski definition) is 6. The highest BCUT2D eigenvalue weighted by molar-refractivity contribution is 6.15. The third-order valence-electron chi connectivity index (χ3n) is 5.40. The number of amides is 1. The first-order chi connectivity index (χ1) is 14.7. The van der Waals surface area contributed by atoms with Crippen molar-refractivity contribution in [2.75, 3.05) is 6.54 Å². The van der Waals surface area contributed by atoms with Crippen LogP contribution in [0.15, 0.2) is 36.7 Å². The van der Waals surface area contributed by atoms with Crippen LogP contribution in [-0.2, 0) is 14.4 Å². The fraction of sp³-hybridized carbons (Fsp3) is 0.333. The summed E-state index contributed by atoms with van der Waals surface area (Å²) in [6.07, 6.45) is 2.98. The molecule has 1 saturated carbocycles. The minimum atomic E-state index is -0.852. The fourth-order valence-corrected chi connectivity index (χ4v) is 3.97. The summed E-state index contributed by atoms with van der Waals surface area (Å²) < 4.78 is 0. The lowest BCUT2D eigenvalue weighted by molar-refractivity contribution is -0.128. The van der Waals surface area contributed by atoms with E-state index in [4.69, 9.17) is 5.26 Å². The molecular weight excluding hydrogens is 392 g/mol. The van der Waals surface area contributed by atoms with Crippen LogP contribution < -0.4 is 5.32 Å². The molecule has 0 aliphatic heterocycles. The third kappa shape index (κ3) is 4.75. The zero-order valence-electron chi connectivity index (χ0n) is 17.9. The highest BCUT2D eigenvalue weighted by Crippen LogP contribution is 2.38. The molecule has 1 aliphatic carbocycles. The predicted octanol–water partition coefficient (Wildman–Crippen LogP) is 2.96. The number of aromatic nitrogens is 2. The van der Waals surface area contributed by atoms with E-state index in [0.29, 0.717) is 23.5 Å². The molecular formula is C24H24N4O3. The number of carbonyl (C=O) groups excluding carboxylic acids is 3. The van der Waals surface area contributed by atoms with Gasteiger partial charge in [-0.05, 0) is 49.6 Å². The average Bonchev–Trinajstić information content (AvgIpc) is 2.99. The van der Waals surface area contributed by atoms with Gasteiger partial charge in [0.1, 0.15) is 17.8 Å². The van der Waals surface area contributed by atoms with E-state index in [1.807, 2.05) is 32.0 Å². The van der Waals surface area contributed by atoms with Gasteiger partial charge in [0, 0.05) is 43.3 Å². The van der Waals surface area contributed by atoms with E-state index in [-0.39, 0.29) is 30.3 Å². The van der Waals surface area contributed by atoms with E-state index < -0.39 is 11.8 Å². The largest absolute Gasteiger partial charge is 0.352 e. The Labute approximate surface area is 181 Å². The zero-order valence-corrected chi connectivity index (χ0v) is 17.9. The molecule has 1 heterocycles. The van der Waals surface area contributed by atoms with Crippen LogP contribution in [0.5, 0.6) is 0 Å². The molecule has 1 N–H and O–H groups in total. The van der Waals surface area contributed by atoms with Crippen molar-refractivity contribution < 1.29 is 14.4 Å². The zero-order chi connectivity index (χ0) is 22.7. The number of ketones is 2. The van der Waals surface area contributed by atoms with Crippen molar-refractivity contribution in [2.45, 2.75) is 39.5 Å². The molecule has 2 aromatic rings. The maximum Gasteiger partial charge on any atom is 0.220 e. The molecule has 1 amide bonds. The summed E-state index contributed by atoms with van der Waals surface area (Å²) in [4.78, 5) is 46.4. The van der Waals surface area contributed by atoms with Crippen LogP contribution in [0.25, 0.3) is 11.4 Å². The van der Waals surface area contributed by atoms with Crippen LogP contribution in [0.2, 0.25) is 0 Å². The molecule has 158 valence electrons. The van der Waals surface area contributed by atoms with Crippen molar-refractivity contribution >= 4 is 17.5 Å². The average molecular weight is 416 g/mol. The second-order valence-electron chi connectivity index (χ2n) is 8.07. The first-order valence-electron chi connectivity index (χ1n) is 10.0. The Hall–Kier alpha value is -3.66. The van der Waals surface area contributed by atoms with Gasteiger partial charge in [-0.15, -0.1) is 0 Å². The SMILES string of the molecule is C=C(C)CNC(=O)CC1CC(=O)C(c2c(C)cc(-c3ncc(C#N)cn3)cc2C)C1=O. The van der Waals surface area contributed by atoms with Gasteiger partial charge in [0.15, 0.2) is 11.6 Å². The van der Waals surface area contributed by atoms with E-state index in [9.17, 15) is 14.4 Å². The first-order valence-corrected chi connectivity index (χ1v) is 10.0. The van der Waals surface area contributed by atoms with Gasteiger partial charge in [0.25, 0.3) is 0 Å². The Morgan fingerprint density at radius 3 is 2.39 bits per heavy atom. The monoisotopic (exact) mass is 416 g/mol. The van der Waals surface area contributed by atoms with Gasteiger partial charge >= 0.3 is 0 Å². The number of carbonyl (C=O) groups is 3. The summed E-state index contributed by atoms with van der Waals surface area (Å²) in [7, 11) is 0. The maximum atomic E-state index is 13.0. The van der Waals surface area contributed by atoms with Crippen molar-refractivity contribution in [3.05, 3.63) is 58.9 Å².